The molecule has 13 heavy (non-hydrogen) atoms. The van der Waals surface area contributed by atoms with Crippen LogP contribution in [0.4, 0.5) is 0 Å². The first kappa shape index (κ1) is 13.1. The predicted octanol–water partition coefficient (Wildman–Crippen LogP) is 2.30. The minimum absolute atomic E-state index is 0.307. The van der Waals surface area contributed by atoms with Gasteiger partial charge in [-0.25, -0.2) is 0 Å². The van der Waals surface area contributed by atoms with Crippen molar-refractivity contribution in [3.8, 4) is 0 Å². The molecule has 0 atom stereocenters. The minimum Gasteiger partial charge on any atom is -0.377 e. The first-order chi connectivity index (χ1) is 5.98. The van der Waals surface area contributed by atoms with Crippen LogP contribution in [-0.2, 0) is 13.3 Å². The zero-order valence-corrected chi connectivity index (χ0v) is 10.6. The monoisotopic (exact) mass is 206 g/mol. The van der Waals surface area contributed by atoms with Gasteiger partial charge in [-0.2, -0.15) is 0 Å². The maximum atomic E-state index is 5.75. The van der Waals surface area contributed by atoms with Crippen LogP contribution in [0.25, 0.3) is 0 Å². The van der Waals surface area contributed by atoms with E-state index in [2.05, 4.69) is 27.7 Å². The van der Waals surface area contributed by atoms with Crippen LogP contribution >= 0.6 is 0 Å². The fraction of sp³-hybridized carbons (Fsp3) is 1.00. The molecule has 0 saturated carbocycles. The Labute approximate surface area is 82.8 Å². The fourth-order valence-electron chi connectivity index (χ4n) is 1.12. The summed E-state index contributed by atoms with van der Waals surface area (Å²) in [6.45, 7) is 9.07. The molecule has 80 valence electrons. The van der Waals surface area contributed by atoms with Gasteiger partial charge in [0.05, 0.1) is 0 Å². The van der Waals surface area contributed by atoms with Crippen molar-refractivity contribution in [2.24, 2.45) is 5.92 Å². The Morgan fingerprint density at radius 2 is 1.46 bits per heavy atom. The highest BCUT2D eigenvalue weighted by Gasteiger charge is 2.43. The second-order valence-electron chi connectivity index (χ2n) is 3.87. The fourth-order valence-corrected chi connectivity index (χ4v) is 3.37. The van der Waals surface area contributed by atoms with Crippen molar-refractivity contribution in [3.63, 3.8) is 0 Å². The summed E-state index contributed by atoms with van der Waals surface area (Å²) in [5.74, 6) is 0.510. The van der Waals surface area contributed by atoms with Crippen molar-refractivity contribution in [2.45, 2.75) is 33.2 Å². The van der Waals surface area contributed by atoms with Crippen LogP contribution in [0.15, 0.2) is 0 Å². The van der Waals surface area contributed by atoms with E-state index in [-0.39, 0.29) is 0 Å². The summed E-state index contributed by atoms with van der Waals surface area (Å²) in [5, 5.41) is 0. The topological polar surface area (TPSA) is 27.7 Å². The number of hydrogen-bond acceptors (Lipinski definition) is 3. The van der Waals surface area contributed by atoms with Crippen LogP contribution in [0.3, 0.4) is 0 Å². The molecule has 0 aliphatic heterocycles. The average molecular weight is 206 g/mol. The molecule has 0 spiro atoms. The Bertz CT molecular complexity index is 133. The van der Waals surface area contributed by atoms with Gasteiger partial charge in [0.2, 0.25) is 0 Å². The molecule has 0 amide bonds. The van der Waals surface area contributed by atoms with Gasteiger partial charge in [-0.3, -0.25) is 0 Å². The van der Waals surface area contributed by atoms with Crippen molar-refractivity contribution in [3.05, 3.63) is 0 Å². The molecule has 0 heterocycles. The number of rotatable bonds is 6. The predicted molar refractivity (Wildman–Crippen MR) is 55.7 cm³/mol. The van der Waals surface area contributed by atoms with E-state index in [0.29, 0.717) is 18.1 Å². The maximum absolute atomic E-state index is 5.75. The summed E-state index contributed by atoms with van der Waals surface area (Å²) in [5.41, 5.74) is 0.307. The van der Waals surface area contributed by atoms with E-state index in [0.717, 1.165) is 0 Å². The first-order valence-corrected chi connectivity index (χ1v) is 6.53. The van der Waals surface area contributed by atoms with Crippen molar-refractivity contribution in [2.75, 3.05) is 20.8 Å². The van der Waals surface area contributed by atoms with Gasteiger partial charge in [0.15, 0.2) is 0 Å². The first-order valence-electron chi connectivity index (χ1n) is 4.72. The Morgan fingerprint density at radius 3 is 1.69 bits per heavy atom. The Hall–Kier alpha value is 0.0969. The van der Waals surface area contributed by atoms with E-state index < -0.39 is 8.80 Å². The summed E-state index contributed by atoms with van der Waals surface area (Å²) >= 11 is 0. The van der Waals surface area contributed by atoms with Gasteiger partial charge < -0.3 is 13.3 Å². The number of hydrogen-bond donors (Lipinski definition) is 0. The van der Waals surface area contributed by atoms with Crippen LogP contribution in [0.5, 0.6) is 0 Å². The zero-order valence-electron chi connectivity index (χ0n) is 9.59. The molecule has 0 aliphatic rings. The molecule has 0 bridgehead atoms. The second kappa shape index (κ2) is 5.75. The highest BCUT2D eigenvalue weighted by atomic mass is 28.4. The van der Waals surface area contributed by atoms with Crippen molar-refractivity contribution < 1.29 is 13.3 Å². The molecule has 0 unspecified atom stereocenters. The zero-order chi connectivity index (χ0) is 10.5. The molecule has 0 saturated heterocycles. The van der Waals surface area contributed by atoms with Gasteiger partial charge in [-0.15, -0.1) is 0 Å². The molecular weight excluding hydrogens is 184 g/mol. The molecule has 3 nitrogen and oxygen atoms in total. The molecule has 0 aliphatic carbocycles. The molecule has 0 fully saturated rings. The molecule has 0 aromatic heterocycles. The van der Waals surface area contributed by atoms with Crippen molar-refractivity contribution >= 4 is 8.80 Å². The SMILES string of the molecule is CO[Si](OC)(OCC(C)C)C(C)C. The quantitative estimate of drug-likeness (QED) is 0.624. The van der Waals surface area contributed by atoms with E-state index >= 15 is 0 Å². The summed E-state index contributed by atoms with van der Waals surface area (Å²) in [7, 11) is 0.942. The maximum Gasteiger partial charge on any atom is 0.503 e. The summed E-state index contributed by atoms with van der Waals surface area (Å²) in [6.07, 6.45) is 0. The van der Waals surface area contributed by atoms with E-state index in [1.807, 2.05) is 0 Å². The molecule has 0 radical (unpaired) electrons. The third kappa shape index (κ3) is 3.77. The van der Waals surface area contributed by atoms with E-state index in [9.17, 15) is 0 Å². The van der Waals surface area contributed by atoms with Crippen LogP contribution in [0, 0.1) is 5.92 Å². The van der Waals surface area contributed by atoms with E-state index in [4.69, 9.17) is 13.3 Å². The molecular formula is C9H22O3Si. The normalized spacial score (nSPS) is 12.9. The van der Waals surface area contributed by atoms with Crippen LogP contribution in [0.2, 0.25) is 5.54 Å². The van der Waals surface area contributed by atoms with Gasteiger partial charge in [0.1, 0.15) is 0 Å². The molecule has 0 aromatic carbocycles. The third-order valence-corrected chi connectivity index (χ3v) is 5.02. The highest BCUT2D eigenvalue weighted by molar-refractivity contribution is 6.62. The molecule has 0 N–H and O–H groups in total. The third-order valence-electron chi connectivity index (χ3n) is 1.89. The van der Waals surface area contributed by atoms with Gasteiger partial charge >= 0.3 is 8.80 Å². The summed E-state index contributed by atoms with van der Waals surface area (Å²) in [4.78, 5) is 0. The van der Waals surface area contributed by atoms with Gasteiger partial charge in [0, 0.05) is 26.4 Å². The standard InChI is InChI=1S/C9H22O3Si/c1-8(2)7-12-13(10-5,11-6)9(3)4/h8-9H,7H2,1-6H3. The molecule has 0 aromatic rings. The molecule has 0 rings (SSSR count). The Morgan fingerprint density at radius 1 is 1.00 bits per heavy atom. The average Bonchev–Trinajstić information content (AvgIpc) is 2.06. The highest BCUT2D eigenvalue weighted by Crippen LogP contribution is 2.23. The lowest BCUT2D eigenvalue weighted by Gasteiger charge is -2.30. The summed E-state index contributed by atoms with van der Waals surface area (Å²) in [6, 6.07) is 0. The van der Waals surface area contributed by atoms with Crippen molar-refractivity contribution in [1.29, 1.82) is 0 Å². The lowest BCUT2D eigenvalue weighted by atomic mass is 10.2. The smallest absolute Gasteiger partial charge is 0.377 e. The Balaban J connectivity index is 4.22. The van der Waals surface area contributed by atoms with Gasteiger partial charge in [0.25, 0.3) is 0 Å². The minimum atomic E-state index is -2.38. The molecule has 4 heteroatoms. The van der Waals surface area contributed by atoms with E-state index in [1.165, 1.54) is 0 Å². The van der Waals surface area contributed by atoms with Crippen LogP contribution in [0.1, 0.15) is 27.7 Å². The van der Waals surface area contributed by atoms with E-state index in [1.54, 1.807) is 14.2 Å². The van der Waals surface area contributed by atoms with Gasteiger partial charge in [-0.05, 0) is 5.92 Å². The van der Waals surface area contributed by atoms with Crippen LogP contribution in [-0.4, -0.2) is 29.6 Å². The van der Waals surface area contributed by atoms with Crippen LogP contribution < -0.4 is 0 Å². The second-order valence-corrected chi connectivity index (χ2v) is 7.34. The summed E-state index contributed by atoms with van der Waals surface area (Å²) < 4.78 is 16.5. The lowest BCUT2D eigenvalue weighted by molar-refractivity contribution is 0.0796. The largest absolute Gasteiger partial charge is 0.503 e. The van der Waals surface area contributed by atoms with Crippen molar-refractivity contribution in [1.82, 2.24) is 0 Å². The Kier molecular flexibility index (Phi) is 5.79. The lowest BCUT2D eigenvalue weighted by Crippen LogP contribution is -2.47. The van der Waals surface area contributed by atoms with Gasteiger partial charge in [-0.1, -0.05) is 27.7 Å².